The van der Waals surface area contributed by atoms with E-state index in [9.17, 15) is 4.79 Å². The number of rotatable bonds is 5. The van der Waals surface area contributed by atoms with Crippen LogP contribution in [0.5, 0.6) is 0 Å². The molecule has 0 rings (SSSR count). The van der Waals surface area contributed by atoms with Crippen LogP contribution in [0.4, 0.5) is 0 Å². The topological polar surface area (TPSA) is 20.3 Å². The van der Waals surface area contributed by atoms with Gasteiger partial charge in [-0.15, -0.1) is 11.6 Å². The summed E-state index contributed by atoms with van der Waals surface area (Å²) in [6.07, 6.45) is 1.61. The standard InChI is InChI=1S/C9H18ClNO/c1-8(2)4-5-9(12)11(3)7-6-10/h8H,4-7H2,1-3H3. The summed E-state index contributed by atoms with van der Waals surface area (Å²) in [7, 11) is 1.80. The lowest BCUT2D eigenvalue weighted by atomic mass is 10.1. The van der Waals surface area contributed by atoms with E-state index in [1.165, 1.54) is 0 Å². The Morgan fingerprint density at radius 3 is 2.50 bits per heavy atom. The van der Waals surface area contributed by atoms with Gasteiger partial charge in [-0.1, -0.05) is 13.8 Å². The van der Waals surface area contributed by atoms with Gasteiger partial charge in [-0.05, 0) is 12.3 Å². The highest BCUT2D eigenvalue weighted by Gasteiger charge is 2.07. The Balaban J connectivity index is 3.57. The van der Waals surface area contributed by atoms with E-state index in [4.69, 9.17) is 11.6 Å². The molecule has 0 N–H and O–H groups in total. The van der Waals surface area contributed by atoms with Crippen molar-refractivity contribution in [1.82, 2.24) is 4.90 Å². The fourth-order valence-corrected chi connectivity index (χ4v) is 1.11. The average Bonchev–Trinajstić information content (AvgIpc) is 2.00. The first kappa shape index (κ1) is 11.8. The highest BCUT2D eigenvalue weighted by molar-refractivity contribution is 6.18. The first-order valence-corrected chi connectivity index (χ1v) is 4.91. The Labute approximate surface area is 79.9 Å². The normalized spacial score (nSPS) is 10.4. The molecule has 0 radical (unpaired) electrons. The SMILES string of the molecule is CC(C)CCC(=O)N(C)CCCl. The number of amides is 1. The molecule has 3 heteroatoms. The molecule has 72 valence electrons. The second-order valence-electron chi connectivity index (χ2n) is 3.44. The second-order valence-corrected chi connectivity index (χ2v) is 3.81. The van der Waals surface area contributed by atoms with Gasteiger partial charge < -0.3 is 4.90 Å². The van der Waals surface area contributed by atoms with Crippen molar-refractivity contribution < 1.29 is 4.79 Å². The van der Waals surface area contributed by atoms with Crippen molar-refractivity contribution in [1.29, 1.82) is 0 Å². The second kappa shape index (κ2) is 6.30. The minimum atomic E-state index is 0.198. The number of halogens is 1. The van der Waals surface area contributed by atoms with E-state index in [1.807, 2.05) is 0 Å². The van der Waals surface area contributed by atoms with Crippen molar-refractivity contribution in [3.05, 3.63) is 0 Å². The molecule has 0 atom stereocenters. The number of alkyl halides is 1. The summed E-state index contributed by atoms with van der Waals surface area (Å²) in [5, 5.41) is 0. The number of carbonyl (C=O) groups is 1. The molecule has 0 unspecified atom stereocenters. The molecule has 0 heterocycles. The van der Waals surface area contributed by atoms with Gasteiger partial charge in [0.1, 0.15) is 0 Å². The zero-order valence-corrected chi connectivity index (χ0v) is 8.90. The van der Waals surface area contributed by atoms with E-state index in [2.05, 4.69) is 13.8 Å². The molecule has 0 aliphatic rings. The molecule has 0 bridgehead atoms. The monoisotopic (exact) mass is 191 g/mol. The van der Waals surface area contributed by atoms with Crippen LogP contribution in [-0.2, 0) is 4.79 Å². The Bertz CT molecular complexity index is 136. The Hall–Kier alpha value is -0.240. The minimum Gasteiger partial charge on any atom is -0.345 e. The first-order chi connectivity index (χ1) is 5.57. The first-order valence-electron chi connectivity index (χ1n) is 4.37. The van der Waals surface area contributed by atoms with Gasteiger partial charge in [0.2, 0.25) is 5.91 Å². The Kier molecular flexibility index (Phi) is 6.17. The third-order valence-electron chi connectivity index (χ3n) is 1.78. The summed E-state index contributed by atoms with van der Waals surface area (Å²) in [4.78, 5) is 13.0. The predicted molar refractivity (Wildman–Crippen MR) is 52.4 cm³/mol. The molecule has 0 aromatic rings. The van der Waals surface area contributed by atoms with Gasteiger partial charge in [0.25, 0.3) is 0 Å². The highest BCUT2D eigenvalue weighted by Crippen LogP contribution is 2.05. The van der Waals surface area contributed by atoms with Crippen LogP contribution in [0.1, 0.15) is 26.7 Å². The molecule has 2 nitrogen and oxygen atoms in total. The zero-order chi connectivity index (χ0) is 9.56. The average molecular weight is 192 g/mol. The fraction of sp³-hybridized carbons (Fsp3) is 0.889. The van der Waals surface area contributed by atoms with Crippen LogP contribution in [0.3, 0.4) is 0 Å². The maximum absolute atomic E-state index is 11.3. The zero-order valence-electron chi connectivity index (χ0n) is 8.14. The largest absolute Gasteiger partial charge is 0.345 e. The predicted octanol–water partition coefficient (Wildman–Crippen LogP) is 2.12. The van der Waals surface area contributed by atoms with Crippen molar-refractivity contribution in [2.45, 2.75) is 26.7 Å². The molecule has 0 aromatic heterocycles. The summed E-state index contributed by atoms with van der Waals surface area (Å²) in [6.45, 7) is 4.89. The highest BCUT2D eigenvalue weighted by atomic mass is 35.5. The molecule has 0 aromatic carbocycles. The Morgan fingerprint density at radius 1 is 1.50 bits per heavy atom. The van der Waals surface area contributed by atoms with Gasteiger partial charge >= 0.3 is 0 Å². The fourth-order valence-electron chi connectivity index (χ4n) is 0.854. The lowest BCUT2D eigenvalue weighted by Gasteiger charge is -2.15. The molecule has 12 heavy (non-hydrogen) atoms. The van der Waals surface area contributed by atoms with Crippen LogP contribution in [0.25, 0.3) is 0 Å². The third kappa shape index (κ3) is 5.42. The van der Waals surface area contributed by atoms with Gasteiger partial charge in [-0.2, -0.15) is 0 Å². The van der Waals surface area contributed by atoms with Crippen LogP contribution < -0.4 is 0 Å². The van der Waals surface area contributed by atoms with E-state index in [0.717, 1.165) is 6.42 Å². The maximum Gasteiger partial charge on any atom is 0.222 e. The molecular weight excluding hydrogens is 174 g/mol. The number of nitrogens with zero attached hydrogens (tertiary/aromatic N) is 1. The summed E-state index contributed by atoms with van der Waals surface area (Å²) in [5.41, 5.74) is 0. The summed E-state index contributed by atoms with van der Waals surface area (Å²) >= 11 is 5.51. The van der Waals surface area contributed by atoms with Gasteiger partial charge in [0, 0.05) is 25.9 Å². The van der Waals surface area contributed by atoms with Gasteiger partial charge in [0.05, 0.1) is 0 Å². The van der Waals surface area contributed by atoms with E-state index < -0.39 is 0 Å². The molecular formula is C9H18ClNO. The van der Waals surface area contributed by atoms with Crippen LogP contribution in [0.2, 0.25) is 0 Å². The molecule has 0 saturated heterocycles. The van der Waals surface area contributed by atoms with Crippen molar-refractivity contribution in [3.8, 4) is 0 Å². The quantitative estimate of drug-likeness (QED) is 0.610. The van der Waals surface area contributed by atoms with Crippen molar-refractivity contribution in [2.24, 2.45) is 5.92 Å². The van der Waals surface area contributed by atoms with Gasteiger partial charge in [-0.3, -0.25) is 4.79 Å². The van der Waals surface area contributed by atoms with Gasteiger partial charge in [-0.25, -0.2) is 0 Å². The molecule has 0 aliphatic carbocycles. The summed E-state index contributed by atoms with van der Waals surface area (Å²) in [6, 6.07) is 0. The van der Waals surface area contributed by atoms with Crippen molar-refractivity contribution >= 4 is 17.5 Å². The molecule has 0 spiro atoms. The van der Waals surface area contributed by atoms with Crippen LogP contribution in [0, 0.1) is 5.92 Å². The number of hydrogen-bond donors (Lipinski definition) is 0. The van der Waals surface area contributed by atoms with Crippen LogP contribution in [-0.4, -0.2) is 30.3 Å². The van der Waals surface area contributed by atoms with E-state index in [1.54, 1.807) is 11.9 Å². The minimum absolute atomic E-state index is 0.198. The van der Waals surface area contributed by atoms with E-state index >= 15 is 0 Å². The van der Waals surface area contributed by atoms with E-state index in [0.29, 0.717) is 24.8 Å². The summed E-state index contributed by atoms with van der Waals surface area (Å²) < 4.78 is 0. The maximum atomic E-state index is 11.3. The van der Waals surface area contributed by atoms with E-state index in [-0.39, 0.29) is 5.91 Å². The molecule has 1 amide bonds. The summed E-state index contributed by atoms with van der Waals surface area (Å²) in [5.74, 6) is 1.31. The van der Waals surface area contributed by atoms with Crippen LogP contribution >= 0.6 is 11.6 Å². The van der Waals surface area contributed by atoms with Crippen molar-refractivity contribution in [3.63, 3.8) is 0 Å². The number of carbonyl (C=O) groups excluding carboxylic acids is 1. The van der Waals surface area contributed by atoms with Gasteiger partial charge in [0.15, 0.2) is 0 Å². The number of hydrogen-bond acceptors (Lipinski definition) is 1. The van der Waals surface area contributed by atoms with Crippen molar-refractivity contribution in [2.75, 3.05) is 19.5 Å². The lowest BCUT2D eigenvalue weighted by Crippen LogP contribution is -2.28. The molecule has 0 aliphatic heterocycles. The smallest absolute Gasteiger partial charge is 0.222 e. The van der Waals surface area contributed by atoms with Crippen LogP contribution in [0.15, 0.2) is 0 Å². The Morgan fingerprint density at radius 2 is 2.08 bits per heavy atom. The lowest BCUT2D eigenvalue weighted by molar-refractivity contribution is -0.129. The molecule has 0 saturated carbocycles. The third-order valence-corrected chi connectivity index (χ3v) is 1.95. The molecule has 0 fully saturated rings.